The molecule has 25 heavy (non-hydrogen) atoms. The van der Waals surface area contributed by atoms with Crippen LogP contribution in [-0.2, 0) is 23.7 Å². The molecule has 0 aromatic rings. The fourth-order valence-electron chi connectivity index (χ4n) is 3.74. The minimum atomic E-state index is -0.752. The van der Waals surface area contributed by atoms with Crippen molar-refractivity contribution in [3.05, 3.63) is 51.4 Å². The molecule has 0 spiro atoms. The molecule has 0 amide bonds. The third-order valence-electron chi connectivity index (χ3n) is 4.93. The van der Waals surface area contributed by atoms with E-state index in [0.717, 1.165) is 25.7 Å². The van der Waals surface area contributed by atoms with Crippen LogP contribution in [0, 0.1) is 0 Å². The quantitative estimate of drug-likeness (QED) is 0.413. The van der Waals surface area contributed by atoms with Crippen molar-refractivity contribution in [1.29, 1.82) is 0 Å². The fourth-order valence-corrected chi connectivity index (χ4v) is 3.74. The molecule has 0 atom stereocenters. The first-order valence-electron chi connectivity index (χ1n) is 8.91. The van der Waals surface area contributed by atoms with Gasteiger partial charge in [0, 0.05) is 25.7 Å². The second-order valence-corrected chi connectivity index (χ2v) is 6.50. The first kappa shape index (κ1) is 19.4. The largest absolute Gasteiger partial charge is 0.499 e. The Morgan fingerprint density at radius 1 is 0.600 bits per heavy atom. The van der Waals surface area contributed by atoms with E-state index < -0.39 is 11.6 Å². The van der Waals surface area contributed by atoms with Crippen LogP contribution in [0.25, 0.3) is 0 Å². The molecule has 0 radical (unpaired) electrons. The average Bonchev–Trinajstić information content (AvgIpc) is 2.60. The Hall–Kier alpha value is -1.88. The molecule has 2 aliphatic carbocycles. The Balaban J connectivity index is 2.07. The van der Waals surface area contributed by atoms with Crippen molar-refractivity contribution in [1.82, 2.24) is 0 Å². The molecule has 0 aromatic carbocycles. The van der Waals surface area contributed by atoms with Gasteiger partial charge in [0.15, 0.2) is 0 Å². The Bertz CT molecular complexity index is 415. The van der Waals surface area contributed by atoms with E-state index >= 15 is 0 Å². The second-order valence-electron chi connectivity index (χ2n) is 6.50. The highest BCUT2D eigenvalue weighted by Crippen LogP contribution is 2.43. The lowest BCUT2D eigenvalue weighted by Gasteiger charge is -2.47. The predicted molar refractivity (Wildman–Crippen MR) is 96.2 cm³/mol. The van der Waals surface area contributed by atoms with E-state index in [4.69, 9.17) is 23.7 Å². The normalized spacial score (nSPS) is 35.0. The van der Waals surface area contributed by atoms with E-state index in [-0.39, 0.29) is 12.2 Å². The minimum absolute atomic E-state index is 0.149. The van der Waals surface area contributed by atoms with Crippen molar-refractivity contribution in [3.63, 3.8) is 0 Å². The zero-order valence-electron chi connectivity index (χ0n) is 15.0. The van der Waals surface area contributed by atoms with E-state index in [9.17, 15) is 0 Å². The molecule has 5 heteroatoms. The molecule has 140 valence electrons. The summed E-state index contributed by atoms with van der Waals surface area (Å²) in [7, 11) is 0. The van der Waals surface area contributed by atoms with Crippen LogP contribution in [0.1, 0.15) is 51.4 Å². The van der Waals surface area contributed by atoms with Crippen LogP contribution in [0.4, 0.5) is 0 Å². The van der Waals surface area contributed by atoms with Crippen LogP contribution in [0.15, 0.2) is 51.4 Å². The molecule has 0 unspecified atom stereocenters. The Morgan fingerprint density at radius 2 is 0.960 bits per heavy atom. The highest BCUT2D eigenvalue weighted by Gasteiger charge is 2.48. The number of ether oxygens (including phenoxy) is 5. The van der Waals surface area contributed by atoms with Gasteiger partial charge in [-0.05, 0) is 25.7 Å². The summed E-state index contributed by atoms with van der Waals surface area (Å²) < 4.78 is 29.2. The lowest BCUT2D eigenvalue weighted by atomic mass is 9.88. The van der Waals surface area contributed by atoms with E-state index in [2.05, 4.69) is 26.3 Å². The summed E-state index contributed by atoms with van der Waals surface area (Å²) in [5.41, 5.74) is 0. The van der Waals surface area contributed by atoms with Crippen molar-refractivity contribution < 1.29 is 23.7 Å². The van der Waals surface area contributed by atoms with Gasteiger partial charge in [0.05, 0.1) is 37.3 Å². The SMILES string of the molecule is C=COC1CCC(OC=C)(OC2(OC=C)CCC(OC=C)CC2)CC1. The highest BCUT2D eigenvalue weighted by molar-refractivity contribution is 4.90. The predicted octanol–water partition coefficient (Wildman–Crippen LogP) is 4.92. The lowest BCUT2D eigenvalue weighted by molar-refractivity contribution is -0.356. The zero-order chi connectivity index (χ0) is 18.2. The summed E-state index contributed by atoms with van der Waals surface area (Å²) in [6, 6.07) is 0. The summed E-state index contributed by atoms with van der Waals surface area (Å²) in [4.78, 5) is 0. The topological polar surface area (TPSA) is 46.2 Å². The van der Waals surface area contributed by atoms with Gasteiger partial charge in [-0.25, -0.2) is 0 Å². The molecule has 2 fully saturated rings. The molecular formula is C20H30O5. The molecule has 2 aliphatic rings. The van der Waals surface area contributed by atoms with E-state index in [1.165, 1.54) is 25.0 Å². The van der Waals surface area contributed by atoms with Crippen LogP contribution < -0.4 is 0 Å². The maximum absolute atomic E-state index is 6.49. The third-order valence-corrected chi connectivity index (χ3v) is 4.93. The molecule has 0 saturated heterocycles. The van der Waals surface area contributed by atoms with Gasteiger partial charge in [-0.3, -0.25) is 4.74 Å². The van der Waals surface area contributed by atoms with Crippen molar-refractivity contribution in [2.24, 2.45) is 0 Å². The standard InChI is InChI=1S/C20H30O5/c1-5-21-17-9-13-19(14-10-17,23-7-3)25-20(24-8-4)15-11-18(12-16-20)22-6-2/h5-8,17-18H,1-4,9-16H2. The summed E-state index contributed by atoms with van der Waals surface area (Å²) in [6.07, 6.45) is 12.3. The van der Waals surface area contributed by atoms with Crippen molar-refractivity contribution in [2.45, 2.75) is 75.1 Å². The van der Waals surface area contributed by atoms with Crippen molar-refractivity contribution in [2.75, 3.05) is 0 Å². The molecule has 2 rings (SSSR count). The maximum Gasteiger partial charge on any atom is 0.213 e. The van der Waals surface area contributed by atoms with Crippen molar-refractivity contribution >= 4 is 0 Å². The van der Waals surface area contributed by atoms with Gasteiger partial charge >= 0.3 is 0 Å². The minimum Gasteiger partial charge on any atom is -0.499 e. The summed E-state index contributed by atoms with van der Waals surface area (Å²) in [5.74, 6) is -1.50. The third kappa shape index (κ3) is 5.05. The Kier molecular flexibility index (Phi) is 7.00. The number of hydrogen-bond donors (Lipinski definition) is 0. The summed E-state index contributed by atoms with van der Waals surface area (Å²) in [6.45, 7) is 14.7. The van der Waals surface area contributed by atoms with Gasteiger partial charge in [0.25, 0.3) is 0 Å². The van der Waals surface area contributed by atoms with Gasteiger partial charge in [-0.15, -0.1) is 0 Å². The van der Waals surface area contributed by atoms with Crippen LogP contribution >= 0.6 is 0 Å². The molecule has 0 aromatic heterocycles. The van der Waals surface area contributed by atoms with E-state index in [1.54, 1.807) is 0 Å². The second kappa shape index (κ2) is 8.99. The molecule has 0 heterocycles. The molecule has 0 aliphatic heterocycles. The molecule has 5 nitrogen and oxygen atoms in total. The van der Waals surface area contributed by atoms with Gasteiger partial charge in [-0.2, -0.15) is 0 Å². The number of hydrogen-bond acceptors (Lipinski definition) is 5. The summed E-state index contributed by atoms with van der Waals surface area (Å²) in [5, 5.41) is 0. The molecule has 0 N–H and O–H groups in total. The first-order valence-corrected chi connectivity index (χ1v) is 8.91. The monoisotopic (exact) mass is 350 g/mol. The first-order chi connectivity index (χ1) is 12.1. The Morgan fingerprint density at radius 3 is 1.24 bits per heavy atom. The smallest absolute Gasteiger partial charge is 0.213 e. The van der Waals surface area contributed by atoms with Gasteiger partial charge < -0.3 is 18.9 Å². The van der Waals surface area contributed by atoms with Crippen LogP contribution in [0.2, 0.25) is 0 Å². The van der Waals surface area contributed by atoms with Crippen molar-refractivity contribution in [3.8, 4) is 0 Å². The van der Waals surface area contributed by atoms with Crippen LogP contribution in [-0.4, -0.2) is 23.8 Å². The molecule has 2 saturated carbocycles. The van der Waals surface area contributed by atoms with Crippen LogP contribution in [0.3, 0.4) is 0 Å². The van der Waals surface area contributed by atoms with E-state index in [0.29, 0.717) is 25.7 Å². The number of rotatable bonds is 10. The molecular weight excluding hydrogens is 320 g/mol. The van der Waals surface area contributed by atoms with Gasteiger partial charge in [-0.1, -0.05) is 26.3 Å². The lowest BCUT2D eigenvalue weighted by Crippen LogP contribution is -2.51. The average molecular weight is 350 g/mol. The molecule has 0 bridgehead atoms. The fraction of sp³-hybridized carbons (Fsp3) is 0.600. The maximum atomic E-state index is 6.49. The van der Waals surface area contributed by atoms with Gasteiger partial charge in [0.1, 0.15) is 0 Å². The Labute approximate surface area is 150 Å². The zero-order valence-corrected chi connectivity index (χ0v) is 15.0. The van der Waals surface area contributed by atoms with E-state index in [1.807, 2.05) is 0 Å². The van der Waals surface area contributed by atoms with Gasteiger partial charge in [0.2, 0.25) is 11.6 Å². The summed E-state index contributed by atoms with van der Waals surface area (Å²) >= 11 is 0. The highest BCUT2D eigenvalue weighted by atomic mass is 16.8. The van der Waals surface area contributed by atoms with Crippen LogP contribution in [0.5, 0.6) is 0 Å².